The van der Waals surface area contributed by atoms with Crippen LogP contribution >= 0.6 is 0 Å². The molecule has 0 aromatic rings. The topological polar surface area (TPSA) is 0 Å². The SMILES string of the molecule is BC(B)(C1CC(C)CCCC(CCCCC)C1)C(C)(C)CC. The van der Waals surface area contributed by atoms with E-state index in [9.17, 15) is 0 Å². The van der Waals surface area contributed by atoms with Gasteiger partial charge in [0.15, 0.2) is 0 Å². The number of hydrogen-bond donors (Lipinski definition) is 0. The van der Waals surface area contributed by atoms with E-state index in [0.717, 1.165) is 17.8 Å². The van der Waals surface area contributed by atoms with Crippen molar-refractivity contribution in [2.75, 3.05) is 0 Å². The second-order valence-corrected chi connectivity index (χ2v) is 9.53. The predicted molar refractivity (Wildman–Crippen MR) is 107 cm³/mol. The fraction of sp³-hybridized carbons (Fsp3) is 1.00. The van der Waals surface area contributed by atoms with E-state index in [4.69, 9.17) is 0 Å². The van der Waals surface area contributed by atoms with Crippen molar-refractivity contribution in [1.82, 2.24) is 0 Å². The van der Waals surface area contributed by atoms with Gasteiger partial charge in [0.2, 0.25) is 0 Å². The highest BCUT2D eigenvalue weighted by Crippen LogP contribution is 2.53. The molecule has 1 fully saturated rings. The van der Waals surface area contributed by atoms with Crippen LogP contribution in [0.3, 0.4) is 0 Å². The van der Waals surface area contributed by atoms with Gasteiger partial charge in [-0.25, -0.2) is 0 Å². The van der Waals surface area contributed by atoms with Crippen molar-refractivity contribution in [2.45, 2.75) is 104 Å². The Morgan fingerprint density at radius 1 is 1.00 bits per heavy atom. The second-order valence-electron chi connectivity index (χ2n) is 9.53. The smallest absolute Gasteiger partial charge is 0.0769 e. The van der Waals surface area contributed by atoms with Gasteiger partial charge in [-0.15, -0.1) is 0 Å². The van der Waals surface area contributed by atoms with Gasteiger partial charge in [-0.3, -0.25) is 0 Å². The first-order valence-corrected chi connectivity index (χ1v) is 10.2. The van der Waals surface area contributed by atoms with Crippen LogP contribution in [-0.4, -0.2) is 15.7 Å². The van der Waals surface area contributed by atoms with Gasteiger partial charge in [-0.2, -0.15) is 0 Å². The summed E-state index contributed by atoms with van der Waals surface area (Å²) in [6, 6.07) is 0. The highest BCUT2D eigenvalue weighted by Gasteiger charge is 2.42. The second kappa shape index (κ2) is 8.84. The Balaban J connectivity index is 2.82. The van der Waals surface area contributed by atoms with Crippen LogP contribution in [0.4, 0.5) is 0 Å². The zero-order valence-corrected chi connectivity index (χ0v) is 16.8. The molecule has 1 aliphatic carbocycles. The molecule has 0 N–H and O–H groups in total. The number of rotatable bonds is 7. The van der Waals surface area contributed by atoms with Crippen molar-refractivity contribution in [3.8, 4) is 0 Å². The molecule has 3 unspecified atom stereocenters. The van der Waals surface area contributed by atoms with Crippen LogP contribution in [0.5, 0.6) is 0 Å². The minimum absolute atomic E-state index is 0.449. The summed E-state index contributed by atoms with van der Waals surface area (Å²) < 4.78 is 0. The van der Waals surface area contributed by atoms with E-state index in [-0.39, 0.29) is 0 Å². The fourth-order valence-electron chi connectivity index (χ4n) is 4.52. The third-order valence-corrected chi connectivity index (χ3v) is 7.48. The maximum Gasteiger partial charge on any atom is 0.100 e. The van der Waals surface area contributed by atoms with E-state index in [0.29, 0.717) is 10.6 Å². The molecule has 0 nitrogen and oxygen atoms in total. The van der Waals surface area contributed by atoms with E-state index < -0.39 is 0 Å². The Kier molecular flexibility index (Phi) is 8.10. The fourth-order valence-corrected chi connectivity index (χ4v) is 4.52. The van der Waals surface area contributed by atoms with Gasteiger partial charge in [0.05, 0.1) is 0 Å². The summed E-state index contributed by atoms with van der Waals surface area (Å²) in [5.41, 5.74) is 0.449. The lowest BCUT2D eigenvalue weighted by Gasteiger charge is -2.50. The Hall–Kier alpha value is 0.130. The van der Waals surface area contributed by atoms with Crippen molar-refractivity contribution in [3.63, 3.8) is 0 Å². The molecule has 1 saturated carbocycles. The molecule has 0 aliphatic heterocycles. The maximum absolute atomic E-state index is 2.57. The molecule has 0 radical (unpaired) electrons. The average molecular weight is 304 g/mol. The zero-order chi connectivity index (χ0) is 16.8. The van der Waals surface area contributed by atoms with E-state index >= 15 is 0 Å². The van der Waals surface area contributed by atoms with Gasteiger partial charge in [0, 0.05) is 0 Å². The molecule has 0 aromatic carbocycles. The highest BCUT2D eigenvalue weighted by molar-refractivity contribution is 6.40. The molecule has 128 valence electrons. The summed E-state index contributed by atoms with van der Waals surface area (Å²) in [6.45, 7) is 12.2. The minimum Gasteiger partial charge on any atom is -0.0769 e. The van der Waals surface area contributed by atoms with Gasteiger partial charge in [-0.05, 0) is 36.0 Å². The first kappa shape index (κ1) is 20.2. The van der Waals surface area contributed by atoms with Crippen LogP contribution in [0.25, 0.3) is 0 Å². The number of unbranched alkanes of at least 4 members (excludes halogenated alkanes) is 2. The van der Waals surface area contributed by atoms with Crippen molar-refractivity contribution in [1.29, 1.82) is 0 Å². The Labute approximate surface area is 143 Å². The van der Waals surface area contributed by atoms with E-state index in [2.05, 4.69) is 50.3 Å². The Morgan fingerprint density at radius 2 is 1.68 bits per heavy atom. The molecule has 22 heavy (non-hydrogen) atoms. The van der Waals surface area contributed by atoms with Crippen molar-refractivity contribution in [3.05, 3.63) is 0 Å². The normalized spacial score (nSPS) is 28.1. The molecule has 0 heterocycles. The summed E-state index contributed by atoms with van der Waals surface area (Å²) in [7, 11) is 5.14. The van der Waals surface area contributed by atoms with Gasteiger partial charge >= 0.3 is 0 Å². The molecule has 3 atom stereocenters. The lowest BCUT2D eigenvalue weighted by Crippen LogP contribution is -2.40. The Morgan fingerprint density at radius 3 is 2.27 bits per heavy atom. The van der Waals surface area contributed by atoms with Gasteiger partial charge < -0.3 is 0 Å². The lowest BCUT2D eigenvalue weighted by atomic mass is 9.36. The van der Waals surface area contributed by atoms with E-state index in [1.54, 1.807) is 0 Å². The third-order valence-electron chi connectivity index (χ3n) is 7.48. The van der Waals surface area contributed by atoms with Crippen LogP contribution in [0.2, 0.25) is 5.21 Å². The monoisotopic (exact) mass is 304 g/mol. The first-order chi connectivity index (χ1) is 10.2. The zero-order valence-electron chi connectivity index (χ0n) is 16.8. The van der Waals surface area contributed by atoms with Crippen molar-refractivity contribution in [2.24, 2.45) is 23.2 Å². The standard InChI is InChI=1S/C20H42B2/c1-6-8-9-12-17-13-10-11-16(3)14-18(15-17)20(21,22)19(4,5)7-2/h16-18H,6-15,21-22H2,1-5H3. The summed E-state index contributed by atoms with van der Waals surface area (Å²) >= 11 is 0. The molecular weight excluding hydrogens is 262 g/mol. The third kappa shape index (κ3) is 5.34. The number of hydrogen-bond acceptors (Lipinski definition) is 0. The molecule has 1 rings (SSSR count). The summed E-state index contributed by atoms with van der Waals surface area (Å²) in [5, 5.41) is 0.455. The first-order valence-electron chi connectivity index (χ1n) is 10.2. The predicted octanol–water partition coefficient (Wildman–Crippen LogP) is 5.22. The largest absolute Gasteiger partial charge is 0.100 e. The van der Waals surface area contributed by atoms with Gasteiger partial charge in [-0.1, -0.05) is 91.2 Å². The quantitative estimate of drug-likeness (QED) is 0.447. The summed E-state index contributed by atoms with van der Waals surface area (Å²) in [4.78, 5) is 0. The summed E-state index contributed by atoms with van der Waals surface area (Å²) in [5.74, 6) is 2.83. The molecule has 0 bridgehead atoms. The highest BCUT2D eigenvalue weighted by atomic mass is 14.4. The molecule has 0 spiro atoms. The average Bonchev–Trinajstić information content (AvgIpc) is 2.43. The van der Waals surface area contributed by atoms with Crippen LogP contribution in [0, 0.1) is 23.2 Å². The molecule has 0 amide bonds. The van der Waals surface area contributed by atoms with E-state index in [1.165, 1.54) is 64.2 Å². The van der Waals surface area contributed by atoms with Crippen molar-refractivity contribution >= 4 is 15.7 Å². The molecule has 0 saturated heterocycles. The lowest BCUT2D eigenvalue weighted by molar-refractivity contribution is 0.151. The Bertz CT molecular complexity index is 307. The van der Waals surface area contributed by atoms with Gasteiger partial charge in [0.1, 0.15) is 15.7 Å². The van der Waals surface area contributed by atoms with Crippen LogP contribution in [0.1, 0.15) is 98.8 Å². The maximum atomic E-state index is 2.57. The summed E-state index contributed by atoms with van der Waals surface area (Å²) in [6.07, 6.45) is 14.4. The van der Waals surface area contributed by atoms with Crippen LogP contribution in [-0.2, 0) is 0 Å². The van der Waals surface area contributed by atoms with Crippen LogP contribution < -0.4 is 0 Å². The minimum atomic E-state index is 0.449. The van der Waals surface area contributed by atoms with Crippen LogP contribution in [0.15, 0.2) is 0 Å². The molecular formula is C20H42B2. The molecule has 0 aromatic heterocycles. The molecule has 2 heteroatoms. The van der Waals surface area contributed by atoms with E-state index in [1.807, 2.05) is 0 Å². The van der Waals surface area contributed by atoms with Gasteiger partial charge in [0.25, 0.3) is 0 Å². The van der Waals surface area contributed by atoms with Crippen molar-refractivity contribution < 1.29 is 0 Å². The molecule has 1 aliphatic rings.